The van der Waals surface area contributed by atoms with Crippen LogP contribution in [0.15, 0.2) is 60.9 Å². The molecule has 0 saturated carbocycles. The van der Waals surface area contributed by atoms with E-state index in [4.69, 9.17) is 0 Å². The molecule has 0 spiro atoms. The molecule has 9 heteroatoms. The minimum Gasteiger partial charge on any atom is -0.312 e. The molecule has 0 fully saturated rings. The number of hydrogen-bond acceptors (Lipinski definition) is 5. The number of fused-ring (bicyclic) bond motifs is 2. The monoisotopic (exact) mass is 447 g/mol. The van der Waals surface area contributed by atoms with Crippen LogP contribution in [-0.4, -0.2) is 36.7 Å². The van der Waals surface area contributed by atoms with Crippen molar-refractivity contribution in [3.8, 4) is 28.2 Å². The minimum atomic E-state index is -0.500. The Kier molecular flexibility index (Phi) is 5.16. The summed E-state index contributed by atoms with van der Waals surface area (Å²) in [6, 6.07) is 15.4. The van der Waals surface area contributed by atoms with Crippen molar-refractivity contribution in [1.29, 1.82) is 0 Å². The number of nitrogens with zero attached hydrogens (tertiary/aromatic N) is 5. The topological polar surface area (TPSA) is 84.3 Å². The van der Waals surface area contributed by atoms with E-state index < -0.39 is 5.95 Å². The fourth-order valence-electron chi connectivity index (χ4n) is 4.08. The van der Waals surface area contributed by atoms with Gasteiger partial charge in [-0.2, -0.15) is 9.49 Å². The van der Waals surface area contributed by atoms with Gasteiger partial charge in [-0.15, -0.1) is 17.5 Å². The molecular weight excluding hydrogens is 429 g/mol. The van der Waals surface area contributed by atoms with E-state index in [-0.39, 0.29) is 12.4 Å². The van der Waals surface area contributed by atoms with E-state index in [1.807, 2.05) is 24.4 Å². The Morgan fingerprint density at radius 3 is 2.88 bits per heavy atom. The van der Waals surface area contributed by atoms with Crippen molar-refractivity contribution < 1.29 is 4.39 Å². The summed E-state index contributed by atoms with van der Waals surface area (Å²) in [6.45, 7) is 1.88. The number of pyridine rings is 1. The Bertz CT molecular complexity index is 1430. The van der Waals surface area contributed by atoms with Crippen molar-refractivity contribution >= 4 is 23.3 Å². The van der Waals surface area contributed by atoms with E-state index in [0.717, 1.165) is 41.7 Å². The van der Waals surface area contributed by atoms with E-state index >= 15 is 0 Å². The second kappa shape index (κ2) is 8.14. The van der Waals surface area contributed by atoms with Crippen molar-refractivity contribution in [3.05, 3.63) is 78.0 Å². The molecule has 0 amide bonds. The van der Waals surface area contributed by atoms with Gasteiger partial charge >= 0.3 is 0 Å². The molecule has 0 bridgehead atoms. The third-order valence-corrected chi connectivity index (χ3v) is 5.71. The molecule has 2 N–H and O–H groups in total. The van der Waals surface area contributed by atoms with E-state index in [0.29, 0.717) is 17.0 Å². The van der Waals surface area contributed by atoms with Crippen LogP contribution in [0.5, 0.6) is 0 Å². The van der Waals surface area contributed by atoms with E-state index in [1.54, 1.807) is 16.8 Å². The van der Waals surface area contributed by atoms with Crippen LogP contribution >= 0.6 is 12.4 Å². The fourth-order valence-corrected chi connectivity index (χ4v) is 4.08. The lowest BCUT2D eigenvalue weighted by atomic mass is 10.0. The Balaban J connectivity index is 0.00000216. The number of aromatic nitrogens is 6. The van der Waals surface area contributed by atoms with Crippen LogP contribution in [-0.2, 0) is 13.0 Å². The lowest BCUT2D eigenvalue weighted by Crippen LogP contribution is -2.23. The first-order valence-corrected chi connectivity index (χ1v) is 10.1. The van der Waals surface area contributed by atoms with Gasteiger partial charge in [0.05, 0.1) is 17.4 Å². The Labute approximate surface area is 189 Å². The van der Waals surface area contributed by atoms with Gasteiger partial charge in [0, 0.05) is 23.7 Å². The summed E-state index contributed by atoms with van der Waals surface area (Å²) in [6.07, 6.45) is 4.31. The third kappa shape index (κ3) is 3.43. The van der Waals surface area contributed by atoms with E-state index in [9.17, 15) is 4.39 Å². The van der Waals surface area contributed by atoms with Crippen molar-refractivity contribution in [3.63, 3.8) is 0 Å². The number of benzene rings is 2. The summed E-state index contributed by atoms with van der Waals surface area (Å²) < 4.78 is 15.9. The lowest BCUT2D eigenvalue weighted by molar-refractivity contribution is 0.587. The summed E-state index contributed by atoms with van der Waals surface area (Å²) in [5.41, 5.74) is 6.98. The van der Waals surface area contributed by atoms with Crippen LogP contribution < -0.4 is 5.32 Å². The fraction of sp³-hybridized carbons (Fsp3) is 0.130. The van der Waals surface area contributed by atoms with Gasteiger partial charge in [0.25, 0.3) is 0 Å². The average molecular weight is 448 g/mol. The molecule has 0 radical (unpaired) electrons. The van der Waals surface area contributed by atoms with Gasteiger partial charge in [0.1, 0.15) is 11.4 Å². The van der Waals surface area contributed by atoms with Crippen molar-refractivity contribution in [2.45, 2.75) is 13.0 Å². The Hall–Kier alpha value is -3.62. The highest BCUT2D eigenvalue weighted by Gasteiger charge is 2.16. The maximum Gasteiger partial charge on any atom is 0.220 e. The molecule has 0 saturated heterocycles. The smallest absolute Gasteiger partial charge is 0.220 e. The number of hydrogen-bond donors (Lipinski definition) is 2. The normalized spacial score (nSPS) is 13.0. The molecule has 7 nitrogen and oxygen atoms in total. The molecule has 5 aromatic rings. The van der Waals surface area contributed by atoms with Gasteiger partial charge in [0.15, 0.2) is 0 Å². The third-order valence-electron chi connectivity index (χ3n) is 5.71. The second-order valence-electron chi connectivity index (χ2n) is 7.60. The number of nitrogens with one attached hydrogen (secondary N) is 2. The molecule has 0 aliphatic carbocycles. The number of rotatable bonds is 3. The standard InChI is InChI=1S/C23H18FN7.ClH/c24-23-18(2-1-8-26-23)15-4-6-20-19(11-15)22(29-27-20)21-13-31(30-28-21)17-5-3-16-12-25-9-7-14(16)10-17;/h1-6,8,10-11,13,25H,7,9,12H2,(H,27,29);1H. The van der Waals surface area contributed by atoms with Gasteiger partial charge < -0.3 is 5.32 Å². The minimum absolute atomic E-state index is 0. The first-order valence-electron chi connectivity index (χ1n) is 10.1. The average Bonchev–Trinajstić information content (AvgIpc) is 3.46. The van der Waals surface area contributed by atoms with Crippen LogP contribution in [0.2, 0.25) is 0 Å². The van der Waals surface area contributed by atoms with Gasteiger partial charge in [-0.25, -0.2) is 9.67 Å². The predicted molar refractivity (Wildman–Crippen MR) is 122 cm³/mol. The Morgan fingerprint density at radius 1 is 1.03 bits per heavy atom. The van der Waals surface area contributed by atoms with Gasteiger partial charge in [-0.1, -0.05) is 17.3 Å². The summed E-state index contributed by atoms with van der Waals surface area (Å²) in [5.74, 6) is -0.500. The quantitative estimate of drug-likeness (QED) is 0.407. The number of halogens is 2. The zero-order chi connectivity index (χ0) is 20.8. The zero-order valence-electron chi connectivity index (χ0n) is 16.9. The van der Waals surface area contributed by atoms with Crippen molar-refractivity contribution in [1.82, 2.24) is 35.5 Å². The summed E-state index contributed by atoms with van der Waals surface area (Å²) in [5, 5.41) is 20.4. The molecule has 1 aliphatic rings. The summed E-state index contributed by atoms with van der Waals surface area (Å²) in [4.78, 5) is 3.75. The maximum absolute atomic E-state index is 14.2. The molecule has 4 heterocycles. The van der Waals surface area contributed by atoms with Gasteiger partial charge in [0.2, 0.25) is 5.95 Å². The van der Waals surface area contributed by atoms with E-state index in [1.165, 1.54) is 17.3 Å². The molecule has 2 aromatic carbocycles. The van der Waals surface area contributed by atoms with Crippen LogP contribution in [0.1, 0.15) is 11.1 Å². The van der Waals surface area contributed by atoms with Crippen LogP contribution in [0.4, 0.5) is 4.39 Å². The second-order valence-corrected chi connectivity index (χ2v) is 7.60. The van der Waals surface area contributed by atoms with Crippen LogP contribution in [0, 0.1) is 5.95 Å². The predicted octanol–water partition coefficient (Wildman–Crippen LogP) is 4.08. The molecule has 0 unspecified atom stereocenters. The van der Waals surface area contributed by atoms with Gasteiger partial charge in [-0.3, -0.25) is 5.10 Å². The largest absolute Gasteiger partial charge is 0.312 e. The van der Waals surface area contributed by atoms with Crippen molar-refractivity contribution in [2.75, 3.05) is 6.54 Å². The molecule has 3 aromatic heterocycles. The molecule has 32 heavy (non-hydrogen) atoms. The Morgan fingerprint density at radius 2 is 1.97 bits per heavy atom. The molecule has 1 aliphatic heterocycles. The van der Waals surface area contributed by atoms with E-state index in [2.05, 4.69) is 49.0 Å². The van der Waals surface area contributed by atoms with Crippen molar-refractivity contribution in [2.24, 2.45) is 0 Å². The molecule has 0 atom stereocenters. The highest BCUT2D eigenvalue weighted by molar-refractivity contribution is 5.94. The highest BCUT2D eigenvalue weighted by Crippen LogP contribution is 2.30. The number of aromatic amines is 1. The molecule has 6 rings (SSSR count). The lowest BCUT2D eigenvalue weighted by Gasteiger charge is -2.17. The summed E-state index contributed by atoms with van der Waals surface area (Å²) >= 11 is 0. The molecular formula is C23H19ClFN7. The van der Waals surface area contributed by atoms with Crippen LogP contribution in [0.3, 0.4) is 0 Å². The zero-order valence-corrected chi connectivity index (χ0v) is 17.7. The summed E-state index contributed by atoms with van der Waals surface area (Å²) in [7, 11) is 0. The maximum atomic E-state index is 14.2. The SMILES string of the molecule is Cl.Fc1ncccc1-c1ccc2[nH]nc(-c3cn(-c4ccc5c(c4)CCNC5)nn3)c2c1. The van der Waals surface area contributed by atoms with Gasteiger partial charge in [-0.05, 0) is 66.1 Å². The number of H-pyrrole nitrogens is 1. The first kappa shape index (κ1) is 20.3. The van der Waals surface area contributed by atoms with Crippen LogP contribution in [0.25, 0.3) is 39.1 Å². The first-order chi connectivity index (χ1) is 15.3. The highest BCUT2D eigenvalue weighted by atomic mass is 35.5. The molecule has 160 valence electrons.